The number of aryl methyl sites for hydroxylation is 2. The second kappa shape index (κ2) is 9.32. The molecule has 0 bridgehead atoms. The molecule has 30 heavy (non-hydrogen) atoms. The predicted octanol–water partition coefficient (Wildman–Crippen LogP) is 5.25. The Morgan fingerprint density at radius 1 is 1.03 bits per heavy atom. The molecular formula is C23H27F2NO4. The van der Waals surface area contributed by atoms with Crippen molar-refractivity contribution in [2.24, 2.45) is 0 Å². The van der Waals surface area contributed by atoms with Crippen LogP contribution in [0.2, 0.25) is 0 Å². The van der Waals surface area contributed by atoms with Crippen LogP contribution >= 0.6 is 0 Å². The summed E-state index contributed by atoms with van der Waals surface area (Å²) in [6.07, 6.45) is -0.359. The van der Waals surface area contributed by atoms with Gasteiger partial charge in [0.05, 0.1) is 12.2 Å². The highest BCUT2D eigenvalue weighted by Crippen LogP contribution is 2.34. The number of aromatic nitrogens is 1. The van der Waals surface area contributed by atoms with Gasteiger partial charge >= 0.3 is 11.9 Å². The number of rotatable bonds is 7. The fourth-order valence-electron chi connectivity index (χ4n) is 2.78. The zero-order valence-electron chi connectivity index (χ0n) is 17.9. The van der Waals surface area contributed by atoms with Gasteiger partial charge in [0.2, 0.25) is 0 Å². The maximum Gasteiger partial charge on any atom is 0.356 e. The minimum absolute atomic E-state index is 0.0949. The Bertz CT molecular complexity index is 902. The first-order valence-corrected chi connectivity index (χ1v) is 9.77. The van der Waals surface area contributed by atoms with Crippen molar-refractivity contribution in [3.8, 4) is 0 Å². The Hall–Kier alpha value is -2.83. The van der Waals surface area contributed by atoms with Crippen molar-refractivity contribution in [2.75, 3.05) is 6.61 Å². The molecule has 0 atom stereocenters. The van der Waals surface area contributed by atoms with Crippen LogP contribution in [-0.2, 0) is 21.8 Å². The molecule has 0 unspecified atom stereocenters. The summed E-state index contributed by atoms with van der Waals surface area (Å²) in [7, 11) is 0. The molecule has 1 aromatic carbocycles. The van der Waals surface area contributed by atoms with Crippen molar-refractivity contribution in [1.82, 2.24) is 4.98 Å². The number of ether oxygens (including phenoxy) is 2. The van der Waals surface area contributed by atoms with E-state index in [-0.39, 0.29) is 24.3 Å². The molecule has 2 rings (SSSR count). The minimum atomic E-state index is -3.15. The second-order valence-corrected chi connectivity index (χ2v) is 8.01. The highest BCUT2D eigenvalue weighted by atomic mass is 19.3. The van der Waals surface area contributed by atoms with Gasteiger partial charge in [-0.15, -0.1) is 0 Å². The van der Waals surface area contributed by atoms with Crippen molar-refractivity contribution in [2.45, 2.75) is 59.0 Å². The van der Waals surface area contributed by atoms with Crippen molar-refractivity contribution in [1.29, 1.82) is 0 Å². The lowest BCUT2D eigenvalue weighted by Crippen LogP contribution is -2.23. The third kappa shape index (κ3) is 6.61. The summed E-state index contributed by atoms with van der Waals surface area (Å²) in [4.78, 5) is 27.9. The molecule has 0 N–H and O–H groups in total. The number of hydrogen-bond donors (Lipinski definition) is 0. The largest absolute Gasteiger partial charge is 0.461 e. The summed E-state index contributed by atoms with van der Waals surface area (Å²) in [5, 5.41) is 0. The molecular weight excluding hydrogens is 392 g/mol. The normalized spacial score (nSPS) is 11.8. The van der Waals surface area contributed by atoms with Crippen LogP contribution in [0.15, 0.2) is 36.4 Å². The third-order valence-corrected chi connectivity index (χ3v) is 4.18. The molecule has 1 heterocycles. The van der Waals surface area contributed by atoms with Crippen molar-refractivity contribution >= 4 is 11.9 Å². The van der Waals surface area contributed by atoms with Gasteiger partial charge in [-0.2, -0.15) is 0 Å². The molecule has 0 aliphatic carbocycles. The predicted molar refractivity (Wildman–Crippen MR) is 109 cm³/mol. The van der Waals surface area contributed by atoms with Crippen LogP contribution in [0.3, 0.4) is 0 Å². The molecule has 0 saturated heterocycles. The standard InChI is InChI=1S/C23H27F2NO4/c1-6-29-21(28)19-14-18(13-15(2)26-19)23(24,25)12-11-16-7-9-17(10-8-16)20(27)30-22(3,4)5/h7-10,13-14H,6,11-12H2,1-5H3. The molecule has 0 fully saturated rings. The first-order chi connectivity index (χ1) is 13.9. The molecule has 2 aromatic rings. The topological polar surface area (TPSA) is 65.5 Å². The monoisotopic (exact) mass is 419 g/mol. The maximum absolute atomic E-state index is 14.8. The second-order valence-electron chi connectivity index (χ2n) is 8.01. The van der Waals surface area contributed by atoms with Gasteiger partial charge in [-0.3, -0.25) is 0 Å². The Kier molecular flexibility index (Phi) is 7.29. The van der Waals surface area contributed by atoms with E-state index < -0.39 is 29.9 Å². The number of pyridine rings is 1. The molecule has 0 saturated carbocycles. The van der Waals surface area contributed by atoms with E-state index in [0.717, 1.165) is 6.07 Å². The molecule has 1 aromatic heterocycles. The molecule has 0 radical (unpaired) electrons. The zero-order chi connectivity index (χ0) is 22.5. The van der Waals surface area contributed by atoms with Gasteiger partial charge in [0.25, 0.3) is 5.92 Å². The van der Waals surface area contributed by atoms with Gasteiger partial charge in [-0.1, -0.05) is 12.1 Å². The smallest absolute Gasteiger partial charge is 0.356 e. The Morgan fingerprint density at radius 2 is 1.67 bits per heavy atom. The molecule has 162 valence electrons. The molecule has 5 nitrogen and oxygen atoms in total. The summed E-state index contributed by atoms with van der Waals surface area (Å²) < 4.78 is 39.7. The lowest BCUT2D eigenvalue weighted by molar-refractivity contribution is -0.0133. The molecule has 0 spiro atoms. The van der Waals surface area contributed by atoms with Gasteiger partial charge in [0.1, 0.15) is 11.3 Å². The van der Waals surface area contributed by atoms with Crippen LogP contribution in [0, 0.1) is 6.92 Å². The van der Waals surface area contributed by atoms with Gasteiger partial charge in [0.15, 0.2) is 0 Å². The number of carbonyl (C=O) groups is 2. The van der Waals surface area contributed by atoms with Crippen LogP contribution in [0.1, 0.15) is 71.8 Å². The first kappa shape index (κ1) is 23.4. The lowest BCUT2D eigenvalue weighted by Gasteiger charge is -2.20. The Balaban J connectivity index is 2.09. The highest BCUT2D eigenvalue weighted by Gasteiger charge is 2.32. The number of nitrogens with zero attached hydrogens (tertiary/aromatic N) is 1. The molecule has 7 heteroatoms. The van der Waals surface area contributed by atoms with E-state index in [1.54, 1.807) is 58.9 Å². The molecule has 0 aliphatic rings. The number of carbonyl (C=O) groups excluding carboxylic acids is 2. The van der Waals surface area contributed by atoms with E-state index in [1.165, 1.54) is 6.07 Å². The number of benzene rings is 1. The summed E-state index contributed by atoms with van der Waals surface area (Å²) in [6.45, 7) is 8.65. The average Bonchev–Trinajstić information content (AvgIpc) is 2.65. The van der Waals surface area contributed by atoms with Crippen molar-refractivity contribution in [3.05, 3.63) is 64.5 Å². The van der Waals surface area contributed by atoms with Gasteiger partial charge in [0, 0.05) is 17.7 Å². The van der Waals surface area contributed by atoms with E-state index in [1.807, 2.05) is 0 Å². The molecule has 0 aliphatic heterocycles. The SMILES string of the molecule is CCOC(=O)c1cc(C(F)(F)CCc2ccc(C(=O)OC(C)(C)C)cc2)cc(C)n1. The van der Waals surface area contributed by atoms with Crippen LogP contribution in [0.4, 0.5) is 8.78 Å². The molecule has 0 amide bonds. The summed E-state index contributed by atoms with van der Waals surface area (Å²) in [5.41, 5.74) is 0.333. The number of hydrogen-bond acceptors (Lipinski definition) is 5. The van der Waals surface area contributed by atoms with E-state index >= 15 is 0 Å². The van der Waals surface area contributed by atoms with Gasteiger partial charge in [-0.25, -0.2) is 23.4 Å². The van der Waals surface area contributed by atoms with E-state index in [9.17, 15) is 18.4 Å². The Morgan fingerprint density at radius 3 is 2.23 bits per heavy atom. The summed E-state index contributed by atoms with van der Waals surface area (Å²) >= 11 is 0. The van der Waals surface area contributed by atoms with Gasteiger partial charge < -0.3 is 9.47 Å². The fraction of sp³-hybridized carbons (Fsp3) is 0.435. The van der Waals surface area contributed by atoms with Crippen molar-refractivity contribution < 1.29 is 27.8 Å². The summed E-state index contributed by atoms with van der Waals surface area (Å²) in [6, 6.07) is 8.76. The van der Waals surface area contributed by atoms with Crippen LogP contribution in [0.5, 0.6) is 0 Å². The number of esters is 2. The highest BCUT2D eigenvalue weighted by molar-refractivity contribution is 5.89. The lowest BCUT2D eigenvalue weighted by atomic mass is 9.99. The third-order valence-electron chi connectivity index (χ3n) is 4.18. The van der Waals surface area contributed by atoms with Crippen molar-refractivity contribution in [3.63, 3.8) is 0 Å². The average molecular weight is 419 g/mol. The van der Waals surface area contributed by atoms with Crippen LogP contribution in [-0.4, -0.2) is 29.1 Å². The Labute approximate surface area is 175 Å². The minimum Gasteiger partial charge on any atom is -0.461 e. The van der Waals surface area contributed by atoms with E-state index in [2.05, 4.69) is 4.98 Å². The maximum atomic E-state index is 14.8. The van der Waals surface area contributed by atoms with Crippen LogP contribution in [0.25, 0.3) is 0 Å². The van der Waals surface area contributed by atoms with E-state index in [0.29, 0.717) is 16.8 Å². The zero-order valence-corrected chi connectivity index (χ0v) is 17.9. The first-order valence-electron chi connectivity index (χ1n) is 9.77. The number of halogens is 2. The summed E-state index contributed by atoms with van der Waals surface area (Å²) in [5.74, 6) is -4.34. The van der Waals surface area contributed by atoms with Crippen LogP contribution < -0.4 is 0 Å². The fourth-order valence-corrected chi connectivity index (χ4v) is 2.78. The van der Waals surface area contributed by atoms with E-state index in [4.69, 9.17) is 9.47 Å². The van der Waals surface area contributed by atoms with Gasteiger partial charge in [-0.05, 0) is 70.9 Å². The quantitative estimate of drug-likeness (QED) is 0.574. The number of alkyl halides is 2.